The van der Waals surface area contributed by atoms with E-state index < -0.39 is 10.0 Å². The largest absolute Gasteiger partial charge is 0.342 e. The van der Waals surface area contributed by atoms with Gasteiger partial charge >= 0.3 is 0 Å². The minimum atomic E-state index is -3.22. The van der Waals surface area contributed by atoms with Gasteiger partial charge in [-0.1, -0.05) is 6.92 Å². The molecule has 0 amide bonds. The van der Waals surface area contributed by atoms with Crippen LogP contribution in [0.5, 0.6) is 0 Å². The van der Waals surface area contributed by atoms with E-state index in [1.807, 2.05) is 32.6 Å². The van der Waals surface area contributed by atoms with E-state index in [2.05, 4.69) is 19.8 Å². The SMILES string of the molecule is CCCS(=O)(=O)NC1CCN(c2nc3c(cnn3C(C)(C)C)c(=O)[nH]2)CC1. The summed E-state index contributed by atoms with van der Waals surface area (Å²) in [7, 11) is -3.22. The Bertz CT molecular complexity index is 965. The fraction of sp³-hybridized carbons (Fsp3) is 0.706. The average molecular weight is 397 g/mol. The molecule has 0 aliphatic carbocycles. The molecule has 0 atom stereocenters. The second kappa shape index (κ2) is 7.23. The first-order valence-corrected chi connectivity index (χ1v) is 11.0. The van der Waals surface area contributed by atoms with Crippen molar-refractivity contribution < 1.29 is 8.42 Å². The van der Waals surface area contributed by atoms with Crippen molar-refractivity contribution in [3.63, 3.8) is 0 Å². The Morgan fingerprint density at radius 2 is 1.96 bits per heavy atom. The van der Waals surface area contributed by atoms with Gasteiger partial charge in [0, 0.05) is 19.1 Å². The Hall–Kier alpha value is -1.94. The van der Waals surface area contributed by atoms with Gasteiger partial charge < -0.3 is 4.90 Å². The van der Waals surface area contributed by atoms with Crippen LogP contribution in [0.4, 0.5) is 5.95 Å². The Morgan fingerprint density at radius 1 is 1.30 bits per heavy atom. The summed E-state index contributed by atoms with van der Waals surface area (Å²) in [6.07, 6.45) is 3.48. The molecule has 1 aliphatic rings. The van der Waals surface area contributed by atoms with E-state index in [1.165, 1.54) is 0 Å². The lowest BCUT2D eigenvalue weighted by Gasteiger charge is -2.32. The van der Waals surface area contributed by atoms with Crippen LogP contribution in [0, 0.1) is 0 Å². The van der Waals surface area contributed by atoms with Crippen LogP contribution < -0.4 is 15.2 Å². The van der Waals surface area contributed by atoms with Crippen LogP contribution in [-0.2, 0) is 15.6 Å². The van der Waals surface area contributed by atoms with Gasteiger partial charge in [0.05, 0.1) is 17.5 Å². The number of hydrogen-bond acceptors (Lipinski definition) is 6. The van der Waals surface area contributed by atoms with Gasteiger partial charge in [0.2, 0.25) is 16.0 Å². The summed E-state index contributed by atoms with van der Waals surface area (Å²) >= 11 is 0. The molecule has 0 aromatic carbocycles. The number of fused-ring (bicyclic) bond motifs is 1. The van der Waals surface area contributed by atoms with Gasteiger partial charge in [-0.3, -0.25) is 9.78 Å². The second-order valence-electron chi connectivity index (χ2n) is 8.05. The van der Waals surface area contributed by atoms with E-state index in [4.69, 9.17) is 0 Å². The monoisotopic (exact) mass is 396 g/mol. The van der Waals surface area contributed by atoms with Gasteiger partial charge in [-0.05, 0) is 40.0 Å². The number of nitrogens with zero attached hydrogens (tertiary/aromatic N) is 4. The summed E-state index contributed by atoms with van der Waals surface area (Å²) in [5.41, 5.74) is 0.0629. The summed E-state index contributed by atoms with van der Waals surface area (Å²) in [6, 6.07) is -0.0756. The number of aromatic nitrogens is 4. The molecule has 0 unspecified atom stereocenters. The lowest BCUT2D eigenvalue weighted by Crippen LogP contribution is -2.46. The number of piperidine rings is 1. The highest BCUT2D eigenvalue weighted by atomic mass is 32.2. The van der Waals surface area contributed by atoms with E-state index in [9.17, 15) is 13.2 Å². The highest BCUT2D eigenvalue weighted by Gasteiger charge is 2.26. The zero-order valence-electron chi connectivity index (χ0n) is 16.3. The standard InChI is InChI=1S/C17H28N6O3S/c1-5-10-27(25,26)21-12-6-8-22(9-7-12)16-19-14-13(15(24)20-16)11-18-23(14)17(2,3)4/h11-12,21H,5-10H2,1-4H3,(H,19,20,24). The number of nitrogens with one attached hydrogen (secondary N) is 2. The van der Waals surface area contributed by atoms with Crippen LogP contribution in [0.3, 0.4) is 0 Å². The van der Waals surface area contributed by atoms with E-state index in [1.54, 1.807) is 10.9 Å². The van der Waals surface area contributed by atoms with Crippen LogP contribution in [0.25, 0.3) is 11.0 Å². The molecule has 27 heavy (non-hydrogen) atoms. The number of sulfonamides is 1. The van der Waals surface area contributed by atoms with Gasteiger partial charge in [-0.2, -0.15) is 10.1 Å². The zero-order chi connectivity index (χ0) is 19.8. The minimum Gasteiger partial charge on any atom is -0.342 e. The summed E-state index contributed by atoms with van der Waals surface area (Å²) in [6.45, 7) is 9.12. The topological polar surface area (TPSA) is 113 Å². The van der Waals surface area contributed by atoms with Crippen molar-refractivity contribution in [2.45, 2.75) is 58.5 Å². The van der Waals surface area contributed by atoms with Crippen LogP contribution in [0.2, 0.25) is 0 Å². The van der Waals surface area contributed by atoms with E-state index >= 15 is 0 Å². The number of hydrogen-bond donors (Lipinski definition) is 2. The molecule has 9 nitrogen and oxygen atoms in total. The van der Waals surface area contributed by atoms with Crippen LogP contribution in [-0.4, -0.2) is 53.1 Å². The molecule has 3 heterocycles. The number of aromatic amines is 1. The van der Waals surface area contributed by atoms with Gasteiger partial charge in [0.15, 0.2) is 5.65 Å². The number of anilines is 1. The van der Waals surface area contributed by atoms with Crippen molar-refractivity contribution in [3.8, 4) is 0 Å². The Labute approximate surface area is 159 Å². The fourth-order valence-electron chi connectivity index (χ4n) is 3.34. The molecule has 10 heteroatoms. The van der Waals surface area contributed by atoms with Crippen molar-refractivity contribution in [1.29, 1.82) is 0 Å². The van der Waals surface area contributed by atoms with Crippen molar-refractivity contribution in [2.24, 2.45) is 0 Å². The Balaban J connectivity index is 1.78. The Kier molecular flexibility index (Phi) is 5.31. The minimum absolute atomic E-state index is 0.0756. The third kappa shape index (κ3) is 4.32. The second-order valence-corrected chi connectivity index (χ2v) is 9.93. The maximum atomic E-state index is 12.4. The fourth-order valence-corrected chi connectivity index (χ4v) is 4.74. The molecule has 1 saturated heterocycles. The van der Waals surface area contributed by atoms with Crippen molar-refractivity contribution in [2.75, 3.05) is 23.7 Å². The molecule has 1 aliphatic heterocycles. The molecular weight excluding hydrogens is 368 g/mol. The summed E-state index contributed by atoms with van der Waals surface area (Å²) in [4.78, 5) is 21.9. The molecule has 0 saturated carbocycles. The van der Waals surface area contributed by atoms with Gasteiger partial charge in [-0.25, -0.2) is 17.8 Å². The van der Waals surface area contributed by atoms with Crippen LogP contribution in [0.15, 0.2) is 11.0 Å². The van der Waals surface area contributed by atoms with Gasteiger partial charge in [-0.15, -0.1) is 0 Å². The molecule has 1 fully saturated rings. The van der Waals surface area contributed by atoms with E-state index in [0.717, 1.165) is 0 Å². The van der Waals surface area contributed by atoms with Crippen molar-refractivity contribution >= 4 is 27.0 Å². The number of rotatable bonds is 5. The van der Waals surface area contributed by atoms with E-state index in [0.29, 0.717) is 49.3 Å². The van der Waals surface area contributed by atoms with Crippen molar-refractivity contribution in [1.82, 2.24) is 24.5 Å². The summed E-state index contributed by atoms with van der Waals surface area (Å²) in [5, 5.41) is 4.79. The van der Waals surface area contributed by atoms with Crippen molar-refractivity contribution in [3.05, 3.63) is 16.6 Å². The van der Waals surface area contributed by atoms with Gasteiger partial charge in [0.25, 0.3) is 5.56 Å². The first-order valence-electron chi connectivity index (χ1n) is 9.34. The first-order chi connectivity index (χ1) is 12.6. The quantitative estimate of drug-likeness (QED) is 0.784. The molecule has 2 aromatic rings. The molecule has 3 rings (SSSR count). The third-order valence-electron chi connectivity index (χ3n) is 4.67. The molecular formula is C17H28N6O3S. The molecule has 0 radical (unpaired) electrons. The highest BCUT2D eigenvalue weighted by Crippen LogP contribution is 2.21. The smallest absolute Gasteiger partial charge is 0.263 e. The maximum absolute atomic E-state index is 12.4. The normalized spacial score (nSPS) is 17.0. The molecule has 0 spiro atoms. The van der Waals surface area contributed by atoms with E-state index in [-0.39, 0.29) is 22.9 Å². The summed E-state index contributed by atoms with van der Waals surface area (Å²) < 4.78 is 28.4. The Morgan fingerprint density at radius 3 is 2.56 bits per heavy atom. The third-order valence-corrected chi connectivity index (χ3v) is 6.31. The van der Waals surface area contributed by atoms with Crippen LogP contribution >= 0.6 is 0 Å². The lowest BCUT2D eigenvalue weighted by atomic mass is 10.1. The molecule has 2 N–H and O–H groups in total. The van der Waals surface area contributed by atoms with Gasteiger partial charge in [0.1, 0.15) is 5.39 Å². The first kappa shape index (κ1) is 19.8. The predicted molar refractivity (Wildman–Crippen MR) is 106 cm³/mol. The maximum Gasteiger partial charge on any atom is 0.263 e. The molecule has 0 bridgehead atoms. The summed E-state index contributed by atoms with van der Waals surface area (Å²) in [5.74, 6) is 0.656. The predicted octanol–water partition coefficient (Wildman–Crippen LogP) is 1.17. The average Bonchev–Trinajstić information content (AvgIpc) is 2.99. The number of H-pyrrole nitrogens is 1. The highest BCUT2D eigenvalue weighted by molar-refractivity contribution is 7.89. The molecule has 150 valence electrons. The van der Waals surface area contributed by atoms with Crippen LogP contribution in [0.1, 0.15) is 47.0 Å². The zero-order valence-corrected chi connectivity index (χ0v) is 17.1. The molecule has 2 aromatic heterocycles. The lowest BCUT2D eigenvalue weighted by molar-refractivity contribution is 0.365.